The number of rotatable bonds is 10. The van der Waals surface area contributed by atoms with Crippen molar-refractivity contribution in [3.05, 3.63) is 82.5 Å². The van der Waals surface area contributed by atoms with Crippen LogP contribution in [0.5, 0.6) is 0 Å². The maximum atomic E-state index is 13.5. The van der Waals surface area contributed by atoms with Gasteiger partial charge in [0, 0.05) is 38.4 Å². The van der Waals surface area contributed by atoms with E-state index in [-0.39, 0.29) is 30.3 Å². The lowest BCUT2D eigenvalue weighted by atomic mass is 10.0. The third-order valence-corrected chi connectivity index (χ3v) is 8.05. The predicted molar refractivity (Wildman–Crippen MR) is 168 cm³/mol. The number of anilines is 2. The van der Waals surface area contributed by atoms with Gasteiger partial charge in [0.15, 0.2) is 0 Å². The second kappa shape index (κ2) is 13.4. The van der Waals surface area contributed by atoms with Crippen molar-refractivity contribution in [3.63, 3.8) is 0 Å². The molecule has 2 aromatic heterocycles. The Morgan fingerprint density at radius 3 is 2.50 bits per heavy atom. The fourth-order valence-corrected chi connectivity index (χ4v) is 5.72. The number of carbonyl (C=O) groups is 2. The highest BCUT2D eigenvalue weighted by atomic mass is 19.1. The zero-order chi connectivity index (χ0) is 31.4. The summed E-state index contributed by atoms with van der Waals surface area (Å²) >= 11 is 0. The first-order chi connectivity index (χ1) is 21.1. The fraction of sp³-hybridized carbons (Fsp3) is 0.406. The van der Waals surface area contributed by atoms with Gasteiger partial charge < -0.3 is 25.4 Å². The molecule has 12 heteroatoms. The van der Waals surface area contributed by atoms with Gasteiger partial charge in [0.25, 0.3) is 11.5 Å². The molecule has 1 unspecified atom stereocenters. The van der Waals surface area contributed by atoms with Crippen molar-refractivity contribution in [3.8, 4) is 0 Å². The van der Waals surface area contributed by atoms with E-state index < -0.39 is 23.4 Å². The van der Waals surface area contributed by atoms with E-state index in [1.54, 1.807) is 12.1 Å². The van der Waals surface area contributed by atoms with E-state index in [1.165, 1.54) is 24.4 Å². The number of nitrogens with one attached hydrogen (secondary N) is 1. The Morgan fingerprint density at radius 2 is 1.80 bits per heavy atom. The number of piperidine rings is 1. The van der Waals surface area contributed by atoms with Gasteiger partial charge in [-0.1, -0.05) is 38.1 Å². The summed E-state index contributed by atoms with van der Waals surface area (Å²) in [5.74, 6) is 0.0103. The van der Waals surface area contributed by atoms with E-state index in [9.17, 15) is 18.8 Å². The summed E-state index contributed by atoms with van der Waals surface area (Å²) in [6.07, 6.45) is 3.34. The number of para-hydroxylation sites is 2. The third-order valence-electron chi connectivity index (χ3n) is 8.05. The van der Waals surface area contributed by atoms with Gasteiger partial charge in [-0.05, 0) is 55.0 Å². The standard InChI is InChI=1S/C32H39FN8O3/c1-21(2)18-25(34)30(44)36-19-29(43)41-28(42)12-15-35-31(41)38(3)24-13-16-39(17-14-24)32-37-26-6-4-5-7-27(26)40(32)20-22-8-10-23(33)11-9-22/h4-12,15,21,24-25H,13-14,16-20,34H2,1-3H3,(H,36,44). The fourth-order valence-electron chi connectivity index (χ4n) is 5.72. The van der Waals surface area contributed by atoms with Gasteiger partial charge in [-0.15, -0.1) is 0 Å². The summed E-state index contributed by atoms with van der Waals surface area (Å²) in [4.78, 5) is 51.8. The van der Waals surface area contributed by atoms with Crippen LogP contribution in [0, 0.1) is 11.7 Å². The highest BCUT2D eigenvalue weighted by Gasteiger charge is 2.29. The molecule has 1 saturated heterocycles. The molecule has 4 aromatic rings. The average molecular weight is 603 g/mol. The van der Waals surface area contributed by atoms with E-state index in [4.69, 9.17) is 10.7 Å². The molecule has 44 heavy (non-hydrogen) atoms. The number of fused-ring (bicyclic) bond motifs is 1. The molecule has 2 aromatic carbocycles. The number of hydrogen-bond acceptors (Lipinski definition) is 8. The Balaban J connectivity index is 1.29. The number of carbonyl (C=O) groups excluding carboxylic acids is 2. The van der Waals surface area contributed by atoms with Gasteiger partial charge in [-0.3, -0.25) is 14.4 Å². The minimum absolute atomic E-state index is 0.00332. The lowest BCUT2D eigenvalue weighted by Crippen LogP contribution is -2.48. The van der Waals surface area contributed by atoms with Crippen molar-refractivity contribution in [2.45, 2.75) is 51.7 Å². The van der Waals surface area contributed by atoms with Gasteiger partial charge in [0.2, 0.25) is 17.8 Å². The van der Waals surface area contributed by atoms with Gasteiger partial charge >= 0.3 is 0 Å². The van der Waals surface area contributed by atoms with E-state index in [0.717, 1.165) is 40.0 Å². The van der Waals surface area contributed by atoms with Crippen LogP contribution in [0.1, 0.15) is 43.5 Å². The Labute approximate surface area is 255 Å². The molecule has 0 bridgehead atoms. The van der Waals surface area contributed by atoms with Crippen molar-refractivity contribution >= 4 is 34.7 Å². The predicted octanol–water partition coefficient (Wildman–Crippen LogP) is 3.02. The highest BCUT2D eigenvalue weighted by molar-refractivity contribution is 5.89. The molecule has 1 aliphatic heterocycles. The average Bonchev–Trinajstić information content (AvgIpc) is 3.38. The van der Waals surface area contributed by atoms with Crippen LogP contribution in [-0.4, -0.2) is 69.7 Å². The van der Waals surface area contributed by atoms with Crippen LogP contribution in [0.2, 0.25) is 0 Å². The summed E-state index contributed by atoms with van der Waals surface area (Å²) < 4.78 is 16.7. The number of aromatic nitrogens is 4. The number of benzene rings is 2. The van der Waals surface area contributed by atoms with Gasteiger partial charge in [-0.2, -0.15) is 0 Å². The molecule has 1 atom stereocenters. The van der Waals surface area contributed by atoms with Crippen LogP contribution in [0.25, 0.3) is 11.0 Å². The molecule has 0 spiro atoms. The molecule has 5 rings (SSSR count). The Kier molecular flexibility index (Phi) is 9.38. The Bertz CT molecular complexity index is 1680. The zero-order valence-electron chi connectivity index (χ0n) is 25.3. The first-order valence-corrected chi connectivity index (χ1v) is 14.9. The molecular formula is C32H39FN8O3. The number of nitrogens with zero attached hydrogens (tertiary/aromatic N) is 6. The minimum Gasteiger partial charge on any atom is -0.346 e. The van der Waals surface area contributed by atoms with E-state index >= 15 is 0 Å². The second-order valence-corrected chi connectivity index (χ2v) is 11.7. The second-order valence-electron chi connectivity index (χ2n) is 11.7. The first kappa shape index (κ1) is 30.9. The molecule has 1 fully saturated rings. The molecule has 3 heterocycles. The number of nitrogens with two attached hydrogens (primary N) is 1. The van der Waals surface area contributed by atoms with Crippen LogP contribution in [-0.2, 0) is 11.3 Å². The Morgan fingerprint density at radius 1 is 1.09 bits per heavy atom. The zero-order valence-corrected chi connectivity index (χ0v) is 25.3. The quantitative estimate of drug-likeness (QED) is 0.283. The van der Waals surface area contributed by atoms with Crippen molar-refractivity contribution in [2.75, 3.05) is 36.5 Å². The van der Waals surface area contributed by atoms with Crippen molar-refractivity contribution in [1.82, 2.24) is 24.4 Å². The number of hydrogen-bond donors (Lipinski definition) is 2. The van der Waals surface area contributed by atoms with Crippen LogP contribution < -0.4 is 26.4 Å². The maximum Gasteiger partial charge on any atom is 0.261 e. The minimum atomic E-state index is -0.732. The highest BCUT2D eigenvalue weighted by Crippen LogP contribution is 2.28. The molecule has 232 valence electrons. The molecule has 0 radical (unpaired) electrons. The van der Waals surface area contributed by atoms with Crippen molar-refractivity contribution < 1.29 is 14.0 Å². The van der Waals surface area contributed by atoms with Crippen molar-refractivity contribution in [1.29, 1.82) is 0 Å². The third kappa shape index (κ3) is 6.80. The maximum absolute atomic E-state index is 13.5. The van der Waals surface area contributed by atoms with Crippen LogP contribution in [0.3, 0.4) is 0 Å². The van der Waals surface area contributed by atoms with E-state index in [1.807, 2.05) is 50.1 Å². The number of amides is 1. The van der Waals surface area contributed by atoms with Crippen LogP contribution in [0.4, 0.5) is 16.3 Å². The number of halogens is 1. The lowest BCUT2D eigenvalue weighted by Gasteiger charge is -2.38. The summed E-state index contributed by atoms with van der Waals surface area (Å²) in [6.45, 7) is 5.50. The van der Waals surface area contributed by atoms with Gasteiger partial charge in [0.1, 0.15) is 5.82 Å². The normalized spacial score (nSPS) is 14.6. The molecule has 3 N–H and O–H groups in total. The smallest absolute Gasteiger partial charge is 0.261 e. The van der Waals surface area contributed by atoms with Crippen LogP contribution in [0.15, 0.2) is 65.6 Å². The molecule has 0 saturated carbocycles. The summed E-state index contributed by atoms with van der Waals surface area (Å²) in [5.41, 5.74) is 8.29. The lowest BCUT2D eigenvalue weighted by molar-refractivity contribution is -0.122. The van der Waals surface area contributed by atoms with Crippen LogP contribution >= 0.6 is 0 Å². The topological polar surface area (TPSA) is 131 Å². The summed E-state index contributed by atoms with van der Waals surface area (Å²) in [6, 6.07) is 15.0. The Hall–Kier alpha value is -4.58. The molecular weight excluding hydrogens is 563 g/mol. The van der Waals surface area contributed by atoms with Gasteiger partial charge in [0.05, 0.1) is 30.2 Å². The molecule has 1 amide bonds. The molecule has 0 aliphatic carbocycles. The first-order valence-electron chi connectivity index (χ1n) is 14.9. The summed E-state index contributed by atoms with van der Waals surface area (Å²) in [5, 5.41) is 2.57. The SMILES string of the molecule is CC(C)CC(N)C(=O)NCC(=O)n1c(N(C)C2CCN(c3nc4ccccc4n3Cc3ccc(F)cc3)CC2)nccc1=O. The van der Waals surface area contributed by atoms with E-state index in [0.29, 0.717) is 26.1 Å². The number of imidazole rings is 1. The summed E-state index contributed by atoms with van der Waals surface area (Å²) in [7, 11) is 1.83. The van der Waals surface area contributed by atoms with Gasteiger partial charge in [-0.25, -0.2) is 18.9 Å². The van der Waals surface area contributed by atoms with E-state index in [2.05, 4.69) is 19.8 Å². The molecule has 11 nitrogen and oxygen atoms in total. The largest absolute Gasteiger partial charge is 0.346 e. The van der Waals surface area contributed by atoms with Crippen molar-refractivity contribution in [2.24, 2.45) is 11.7 Å². The molecule has 1 aliphatic rings. The monoisotopic (exact) mass is 602 g/mol.